The van der Waals surface area contributed by atoms with Crippen molar-refractivity contribution >= 4 is 17.8 Å². The van der Waals surface area contributed by atoms with Gasteiger partial charge in [0.15, 0.2) is 0 Å². The third-order valence-corrected chi connectivity index (χ3v) is 5.77. The minimum absolute atomic E-state index is 0.0129. The van der Waals surface area contributed by atoms with Crippen molar-refractivity contribution in [3.05, 3.63) is 52.5 Å². The smallest absolute Gasteiger partial charge is 0.254 e. The minimum atomic E-state index is 0.0129. The van der Waals surface area contributed by atoms with Crippen molar-refractivity contribution in [3.8, 4) is 5.75 Å². The number of anilines is 1. The maximum Gasteiger partial charge on any atom is 0.254 e. The molecule has 1 amide bonds. The monoisotopic (exact) mass is 406 g/mol. The molecule has 1 aromatic heterocycles. The lowest BCUT2D eigenvalue weighted by molar-refractivity contribution is 0.0302. The van der Waals surface area contributed by atoms with E-state index in [1.165, 1.54) is 12.8 Å². The zero-order chi connectivity index (χ0) is 20.5. The molecule has 2 fully saturated rings. The van der Waals surface area contributed by atoms with Crippen molar-refractivity contribution in [1.82, 2.24) is 14.9 Å². The van der Waals surface area contributed by atoms with Crippen molar-refractivity contribution < 1.29 is 14.3 Å². The second kappa shape index (κ2) is 8.07. The van der Waals surface area contributed by atoms with E-state index in [4.69, 9.17) is 19.4 Å². The number of morpholine rings is 1. The Labute approximate surface area is 176 Å². The van der Waals surface area contributed by atoms with Crippen LogP contribution in [0.15, 0.2) is 24.3 Å². The zero-order valence-electron chi connectivity index (χ0n) is 17.2. The summed E-state index contributed by atoms with van der Waals surface area (Å²) in [5.41, 5.74) is 3.79. The first kappa shape index (κ1) is 19.1. The van der Waals surface area contributed by atoms with Crippen molar-refractivity contribution in [1.29, 1.82) is 0 Å². The molecule has 30 heavy (non-hydrogen) atoms. The van der Waals surface area contributed by atoms with Crippen molar-refractivity contribution in [3.63, 3.8) is 0 Å². The average Bonchev–Trinajstić information content (AvgIpc) is 3.47. The number of hydrogen-bond donors (Lipinski definition) is 1. The highest BCUT2D eigenvalue weighted by Gasteiger charge is 2.25. The van der Waals surface area contributed by atoms with E-state index in [0.717, 1.165) is 34.9 Å². The Kier molecular flexibility index (Phi) is 5.12. The SMILES string of the molecule is COc1cc(C(=O)N2CCOCC2)ccc1Cc1nc2c(c(NC3CC3)n1)C=CC2. The molecule has 1 aromatic carbocycles. The number of carbonyl (C=O) groups excluding carboxylic acids is 1. The number of nitrogens with one attached hydrogen (secondary N) is 1. The van der Waals surface area contributed by atoms with Gasteiger partial charge >= 0.3 is 0 Å². The van der Waals surface area contributed by atoms with Crippen molar-refractivity contribution in [2.75, 3.05) is 38.7 Å². The van der Waals surface area contributed by atoms with E-state index in [1.807, 2.05) is 23.1 Å². The van der Waals surface area contributed by atoms with Gasteiger partial charge in [0.25, 0.3) is 5.91 Å². The highest BCUT2D eigenvalue weighted by Crippen LogP contribution is 2.31. The van der Waals surface area contributed by atoms with Crippen LogP contribution in [0.4, 0.5) is 5.82 Å². The Hall–Kier alpha value is -2.93. The molecule has 1 aliphatic heterocycles. The number of hydrogen-bond acceptors (Lipinski definition) is 6. The van der Waals surface area contributed by atoms with Crippen LogP contribution >= 0.6 is 0 Å². The molecule has 5 rings (SSSR count). The van der Waals surface area contributed by atoms with Crippen LogP contribution in [0.25, 0.3) is 6.08 Å². The average molecular weight is 406 g/mol. The first-order chi connectivity index (χ1) is 14.7. The van der Waals surface area contributed by atoms with Crippen LogP contribution in [0.5, 0.6) is 5.75 Å². The lowest BCUT2D eigenvalue weighted by Gasteiger charge is -2.27. The van der Waals surface area contributed by atoms with Crippen LogP contribution in [0, 0.1) is 0 Å². The molecular weight excluding hydrogens is 380 g/mol. The van der Waals surface area contributed by atoms with E-state index < -0.39 is 0 Å². The summed E-state index contributed by atoms with van der Waals surface area (Å²) in [7, 11) is 1.63. The molecule has 2 aromatic rings. The Balaban J connectivity index is 1.39. The molecule has 2 aliphatic carbocycles. The molecule has 3 aliphatic rings. The first-order valence-corrected chi connectivity index (χ1v) is 10.6. The summed E-state index contributed by atoms with van der Waals surface area (Å²) < 4.78 is 11.0. The molecule has 7 heteroatoms. The summed E-state index contributed by atoms with van der Waals surface area (Å²) in [6.07, 6.45) is 8.04. The number of ether oxygens (including phenoxy) is 2. The van der Waals surface area contributed by atoms with E-state index in [2.05, 4.69) is 17.5 Å². The summed E-state index contributed by atoms with van der Waals surface area (Å²) in [6.45, 7) is 2.42. The largest absolute Gasteiger partial charge is 0.496 e. The highest BCUT2D eigenvalue weighted by atomic mass is 16.5. The maximum atomic E-state index is 12.8. The molecular formula is C23H26N4O3. The van der Waals surface area contributed by atoms with Gasteiger partial charge in [-0.2, -0.15) is 0 Å². The molecule has 0 spiro atoms. The standard InChI is InChI=1S/C23H26N4O3/c1-29-20-13-16(23(28)27-9-11-30-12-10-27)6-5-15(20)14-21-25-19-4-2-3-18(19)22(26-21)24-17-7-8-17/h2-3,5-6,13,17H,4,7-12,14H2,1H3,(H,24,25,26). The molecule has 1 N–H and O–H groups in total. The number of aromatic nitrogens is 2. The third-order valence-electron chi connectivity index (χ3n) is 5.77. The lowest BCUT2D eigenvalue weighted by Crippen LogP contribution is -2.40. The van der Waals surface area contributed by atoms with E-state index in [1.54, 1.807) is 7.11 Å². The van der Waals surface area contributed by atoms with E-state index in [0.29, 0.717) is 50.1 Å². The van der Waals surface area contributed by atoms with Gasteiger partial charge in [-0.15, -0.1) is 0 Å². The van der Waals surface area contributed by atoms with Gasteiger partial charge in [-0.3, -0.25) is 4.79 Å². The fraction of sp³-hybridized carbons (Fsp3) is 0.435. The van der Waals surface area contributed by atoms with Crippen LogP contribution in [0.2, 0.25) is 0 Å². The summed E-state index contributed by atoms with van der Waals surface area (Å²) >= 11 is 0. The number of allylic oxidation sites excluding steroid dienone is 1. The van der Waals surface area contributed by atoms with Gasteiger partial charge in [-0.05, 0) is 25.0 Å². The number of fused-ring (bicyclic) bond motifs is 1. The van der Waals surface area contributed by atoms with Crippen LogP contribution in [-0.4, -0.2) is 60.2 Å². The fourth-order valence-electron chi connectivity index (χ4n) is 3.94. The van der Waals surface area contributed by atoms with Gasteiger partial charge in [0.1, 0.15) is 17.4 Å². The Bertz CT molecular complexity index is 994. The molecule has 0 radical (unpaired) electrons. The molecule has 2 heterocycles. The number of nitrogens with zero attached hydrogens (tertiary/aromatic N) is 3. The predicted molar refractivity (Wildman–Crippen MR) is 114 cm³/mol. The van der Waals surface area contributed by atoms with Gasteiger partial charge in [0.05, 0.1) is 26.0 Å². The summed E-state index contributed by atoms with van der Waals surface area (Å²) in [6, 6.07) is 6.18. The molecule has 0 bridgehead atoms. The van der Waals surface area contributed by atoms with Crippen LogP contribution in [-0.2, 0) is 17.6 Å². The van der Waals surface area contributed by atoms with Gasteiger partial charge in [0, 0.05) is 48.7 Å². The minimum Gasteiger partial charge on any atom is -0.496 e. The van der Waals surface area contributed by atoms with Crippen molar-refractivity contribution in [2.24, 2.45) is 0 Å². The lowest BCUT2D eigenvalue weighted by atomic mass is 10.1. The third kappa shape index (κ3) is 3.89. The molecule has 0 atom stereocenters. The van der Waals surface area contributed by atoms with Gasteiger partial charge in [0.2, 0.25) is 0 Å². The predicted octanol–water partition coefficient (Wildman–Crippen LogP) is 2.69. The second-order valence-electron chi connectivity index (χ2n) is 7.98. The van der Waals surface area contributed by atoms with Gasteiger partial charge in [-0.25, -0.2) is 9.97 Å². The summed E-state index contributed by atoms with van der Waals surface area (Å²) in [5, 5.41) is 3.54. The zero-order valence-corrected chi connectivity index (χ0v) is 17.2. The Morgan fingerprint density at radius 3 is 2.87 bits per heavy atom. The number of amides is 1. The molecule has 1 saturated carbocycles. The number of benzene rings is 1. The van der Waals surface area contributed by atoms with E-state index in [9.17, 15) is 4.79 Å². The Morgan fingerprint density at radius 1 is 1.27 bits per heavy atom. The highest BCUT2D eigenvalue weighted by molar-refractivity contribution is 5.94. The fourth-order valence-corrected chi connectivity index (χ4v) is 3.94. The van der Waals surface area contributed by atoms with E-state index >= 15 is 0 Å². The maximum absolute atomic E-state index is 12.8. The van der Waals surface area contributed by atoms with Crippen LogP contribution < -0.4 is 10.1 Å². The number of carbonyl (C=O) groups is 1. The van der Waals surface area contributed by atoms with E-state index in [-0.39, 0.29) is 5.91 Å². The topological polar surface area (TPSA) is 76.6 Å². The van der Waals surface area contributed by atoms with Gasteiger partial charge < -0.3 is 19.7 Å². The first-order valence-electron chi connectivity index (χ1n) is 10.6. The number of rotatable bonds is 6. The molecule has 1 saturated heterocycles. The Morgan fingerprint density at radius 2 is 2.10 bits per heavy atom. The molecule has 7 nitrogen and oxygen atoms in total. The van der Waals surface area contributed by atoms with Crippen molar-refractivity contribution in [2.45, 2.75) is 31.7 Å². The molecule has 0 unspecified atom stereocenters. The number of methoxy groups -OCH3 is 1. The normalized spacial score (nSPS) is 17.7. The molecule has 156 valence electrons. The summed E-state index contributed by atoms with van der Waals surface area (Å²) in [5.74, 6) is 2.41. The quantitative estimate of drug-likeness (QED) is 0.795. The summed E-state index contributed by atoms with van der Waals surface area (Å²) in [4.78, 5) is 24.2. The van der Waals surface area contributed by atoms with Crippen LogP contribution in [0.3, 0.4) is 0 Å². The van der Waals surface area contributed by atoms with Crippen LogP contribution in [0.1, 0.15) is 45.8 Å². The second-order valence-corrected chi connectivity index (χ2v) is 7.98. The van der Waals surface area contributed by atoms with Gasteiger partial charge in [-0.1, -0.05) is 18.2 Å².